The highest BCUT2D eigenvalue weighted by Gasteiger charge is 2.25. The Labute approximate surface area is 172 Å². The molecule has 0 aliphatic carbocycles. The summed E-state index contributed by atoms with van der Waals surface area (Å²) in [6, 6.07) is 13.6. The molecule has 0 saturated heterocycles. The Bertz CT molecular complexity index is 1260. The van der Waals surface area contributed by atoms with Gasteiger partial charge in [0.05, 0.1) is 35.0 Å². The Morgan fingerprint density at radius 2 is 2.07 bits per heavy atom. The van der Waals surface area contributed by atoms with Gasteiger partial charge in [-0.25, -0.2) is 0 Å². The Hall–Kier alpha value is -3.94. The van der Waals surface area contributed by atoms with Gasteiger partial charge in [-0.05, 0) is 24.6 Å². The van der Waals surface area contributed by atoms with E-state index in [0.29, 0.717) is 35.6 Å². The molecule has 1 atom stereocenters. The molecule has 0 unspecified atom stereocenters. The molecule has 4 aromatic rings. The topological polar surface area (TPSA) is 93.8 Å². The van der Waals surface area contributed by atoms with Crippen molar-refractivity contribution >= 4 is 28.5 Å². The first kappa shape index (κ1) is 18.1. The minimum atomic E-state index is -0.271. The summed E-state index contributed by atoms with van der Waals surface area (Å²) in [4.78, 5) is 29.3. The van der Waals surface area contributed by atoms with E-state index in [-0.39, 0.29) is 17.9 Å². The monoisotopic (exact) mass is 400 g/mol. The van der Waals surface area contributed by atoms with E-state index in [9.17, 15) is 9.59 Å². The van der Waals surface area contributed by atoms with Crippen LogP contribution in [0.1, 0.15) is 39.4 Å². The molecule has 4 heterocycles. The van der Waals surface area contributed by atoms with Gasteiger partial charge in [0.2, 0.25) is 0 Å². The third-order valence-electron chi connectivity index (χ3n) is 5.26. The van der Waals surface area contributed by atoms with Crippen LogP contribution in [0.2, 0.25) is 0 Å². The molecule has 1 aliphatic rings. The highest BCUT2D eigenvalue weighted by Crippen LogP contribution is 2.26. The van der Waals surface area contributed by atoms with E-state index in [1.165, 1.54) is 6.20 Å². The van der Waals surface area contributed by atoms with Crippen molar-refractivity contribution in [2.75, 3.05) is 11.9 Å². The third kappa shape index (κ3) is 3.22. The van der Waals surface area contributed by atoms with Crippen LogP contribution >= 0.6 is 0 Å². The Morgan fingerprint density at radius 3 is 2.90 bits per heavy atom. The Kier molecular flexibility index (Phi) is 4.31. The fourth-order valence-electron chi connectivity index (χ4n) is 3.78. The second kappa shape index (κ2) is 7.14. The average Bonchev–Trinajstić information content (AvgIpc) is 3.36. The molecule has 30 heavy (non-hydrogen) atoms. The predicted molar refractivity (Wildman–Crippen MR) is 113 cm³/mol. The second-order valence-electron chi connectivity index (χ2n) is 7.45. The summed E-state index contributed by atoms with van der Waals surface area (Å²) in [5.41, 5.74) is 4.21. The van der Waals surface area contributed by atoms with Gasteiger partial charge >= 0.3 is 0 Å². The number of carbonyl (C=O) groups excluding carboxylic acids is 2. The third-order valence-corrected chi connectivity index (χ3v) is 5.26. The standard InChI is InChI=1S/C22H20N6O2/c1-14-9-24-22(30)20-8-18-19(28(14)20)7-16(10-23-18)21(29)26-17-11-25-27(13-17)12-15-5-3-2-4-6-15/h2-8,10-11,13-14H,9,12H2,1H3,(H,24,30)(H,26,29)/t14-/m0/s1. The van der Waals surface area contributed by atoms with Crippen LogP contribution < -0.4 is 10.6 Å². The molecule has 2 amide bonds. The summed E-state index contributed by atoms with van der Waals surface area (Å²) in [6.45, 7) is 3.20. The SMILES string of the molecule is C[C@H]1CNC(=O)c2cc3ncc(C(=O)Nc4cnn(Cc5ccccc5)c4)cc3n21. The molecule has 8 heteroatoms. The molecule has 0 fully saturated rings. The molecule has 2 N–H and O–H groups in total. The smallest absolute Gasteiger partial charge is 0.268 e. The van der Waals surface area contributed by atoms with E-state index in [2.05, 4.69) is 20.7 Å². The summed E-state index contributed by atoms with van der Waals surface area (Å²) >= 11 is 0. The Morgan fingerprint density at radius 1 is 1.23 bits per heavy atom. The molecule has 1 aromatic carbocycles. The number of amides is 2. The van der Waals surface area contributed by atoms with Crippen molar-refractivity contribution in [3.8, 4) is 0 Å². The number of carbonyl (C=O) groups is 2. The van der Waals surface area contributed by atoms with Crippen LogP contribution in [0.4, 0.5) is 5.69 Å². The van der Waals surface area contributed by atoms with Crippen molar-refractivity contribution in [1.29, 1.82) is 0 Å². The first-order valence-electron chi connectivity index (χ1n) is 9.75. The first-order valence-corrected chi connectivity index (χ1v) is 9.75. The van der Waals surface area contributed by atoms with Crippen LogP contribution in [-0.2, 0) is 6.54 Å². The second-order valence-corrected chi connectivity index (χ2v) is 7.45. The van der Waals surface area contributed by atoms with Crippen molar-refractivity contribution in [3.05, 3.63) is 77.9 Å². The molecule has 1 aliphatic heterocycles. The molecule has 0 radical (unpaired) electrons. The van der Waals surface area contributed by atoms with E-state index < -0.39 is 0 Å². The van der Waals surface area contributed by atoms with Gasteiger partial charge in [-0.15, -0.1) is 0 Å². The van der Waals surface area contributed by atoms with E-state index in [0.717, 1.165) is 11.1 Å². The molecule has 5 rings (SSSR count). The van der Waals surface area contributed by atoms with E-state index in [1.54, 1.807) is 29.2 Å². The lowest BCUT2D eigenvalue weighted by atomic mass is 10.2. The minimum Gasteiger partial charge on any atom is -0.349 e. The molecule has 150 valence electrons. The molecular formula is C22H20N6O2. The van der Waals surface area contributed by atoms with E-state index in [1.807, 2.05) is 41.8 Å². The van der Waals surface area contributed by atoms with Crippen LogP contribution in [-0.4, -0.2) is 37.7 Å². The number of aromatic nitrogens is 4. The number of nitrogens with one attached hydrogen (secondary N) is 2. The van der Waals surface area contributed by atoms with Gasteiger partial charge < -0.3 is 15.2 Å². The van der Waals surface area contributed by atoms with Gasteiger partial charge in [-0.3, -0.25) is 19.3 Å². The summed E-state index contributed by atoms with van der Waals surface area (Å²) in [7, 11) is 0. The normalized spacial score (nSPS) is 15.6. The fraction of sp³-hybridized carbons (Fsp3) is 0.182. The van der Waals surface area contributed by atoms with Crippen molar-refractivity contribution in [2.24, 2.45) is 0 Å². The molecule has 0 bridgehead atoms. The maximum Gasteiger partial charge on any atom is 0.268 e. The highest BCUT2D eigenvalue weighted by atomic mass is 16.2. The van der Waals surface area contributed by atoms with Gasteiger partial charge in [0.15, 0.2) is 0 Å². The van der Waals surface area contributed by atoms with Crippen molar-refractivity contribution in [3.63, 3.8) is 0 Å². The largest absolute Gasteiger partial charge is 0.349 e. The fourth-order valence-corrected chi connectivity index (χ4v) is 3.78. The molecule has 0 spiro atoms. The quantitative estimate of drug-likeness (QED) is 0.551. The van der Waals surface area contributed by atoms with Crippen molar-refractivity contribution in [2.45, 2.75) is 19.5 Å². The van der Waals surface area contributed by atoms with Gasteiger partial charge in [0.1, 0.15) is 5.69 Å². The maximum atomic E-state index is 12.8. The lowest BCUT2D eigenvalue weighted by Crippen LogP contribution is -2.37. The zero-order valence-electron chi connectivity index (χ0n) is 16.4. The molecular weight excluding hydrogens is 380 g/mol. The van der Waals surface area contributed by atoms with Gasteiger partial charge in [0, 0.05) is 25.0 Å². The number of rotatable bonds is 4. The lowest BCUT2D eigenvalue weighted by Gasteiger charge is -2.23. The number of fused-ring (bicyclic) bond motifs is 3. The number of pyridine rings is 1. The number of benzene rings is 1. The molecule has 8 nitrogen and oxygen atoms in total. The summed E-state index contributed by atoms with van der Waals surface area (Å²) in [6.07, 6.45) is 4.95. The van der Waals surface area contributed by atoms with E-state index in [4.69, 9.17) is 0 Å². The van der Waals surface area contributed by atoms with E-state index >= 15 is 0 Å². The van der Waals surface area contributed by atoms with Gasteiger partial charge in [0.25, 0.3) is 11.8 Å². The summed E-state index contributed by atoms with van der Waals surface area (Å²) in [5, 5.41) is 10.0. The summed E-state index contributed by atoms with van der Waals surface area (Å²) < 4.78 is 3.71. The van der Waals surface area contributed by atoms with Crippen LogP contribution in [0.15, 0.2) is 61.1 Å². The van der Waals surface area contributed by atoms with Crippen LogP contribution in [0.25, 0.3) is 11.0 Å². The zero-order chi connectivity index (χ0) is 20.7. The average molecular weight is 400 g/mol. The number of hydrogen-bond donors (Lipinski definition) is 2. The first-order chi connectivity index (χ1) is 14.6. The molecule has 0 saturated carbocycles. The maximum absolute atomic E-state index is 12.8. The van der Waals surface area contributed by atoms with Crippen LogP contribution in [0, 0.1) is 0 Å². The predicted octanol–water partition coefficient (Wildman–Crippen LogP) is 2.84. The van der Waals surface area contributed by atoms with Crippen molar-refractivity contribution in [1.82, 2.24) is 24.6 Å². The van der Waals surface area contributed by atoms with Crippen molar-refractivity contribution < 1.29 is 9.59 Å². The lowest BCUT2D eigenvalue weighted by molar-refractivity contribution is 0.0919. The number of hydrogen-bond acceptors (Lipinski definition) is 4. The number of nitrogens with zero attached hydrogens (tertiary/aromatic N) is 4. The van der Waals surface area contributed by atoms with Gasteiger partial charge in [-0.1, -0.05) is 30.3 Å². The summed E-state index contributed by atoms with van der Waals surface area (Å²) in [5.74, 6) is -0.393. The van der Waals surface area contributed by atoms with Gasteiger partial charge in [-0.2, -0.15) is 5.10 Å². The minimum absolute atomic E-state index is 0.0894. The Balaban J connectivity index is 1.38. The molecule has 3 aromatic heterocycles. The van der Waals surface area contributed by atoms with Crippen LogP contribution in [0.5, 0.6) is 0 Å². The highest BCUT2D eigenvalue weighted by molar-refractivity contribution is 6.06. The number of anilines is 1. The van der Waals surface area contributed by atoms with Crippen LogP contribution in [0.3, 0.4) is 0 Å². The zero-order valence-corrected chi connectivity index (χ0v) is 16.4.